The van der Waals surface area contributed by atoms with Crippen LogP contribution in [-0.4, -0.2) is 38.5 Å². The highest BCUT2D eigenvalue weighted by Crippen LogP contribution is 2.58. The second-order valence-electron chi connectivity index (χ2n) is 4.20. The molecule has 2 radical (unpaired) electrons. The number of phosphoric acid groups is 1. The molecule has 0 aromatic carbocycles. The zero-order chi connectivity index (χ0) is 12.0. The van der Waals surface area contributed by atoms with Gasteiger partial charge >= 0.3 is 0 Å². The van der Waals surface area contributed by atoms with Gasteiger partial charge in [0.05, 0.1) is 6.10 Å². The molecule has 2 unspecified atom stereocenters. The van der Waals surface area contributed by atoms with Gasteiger partial charge in [0.25, 0.3) is 7.82 Å². The van der Waals surface area contributed by atoms with Crippen LogP contribution in [0.4, 0.5) is 0 Å². The van der Waals surface area contributed by atoms with Crippen molar-refractivity contribution in [2.45, 2.75) is 44.3 Å². The van der Waals surface area contributed by atoms with Crippen molar-refractivity contribution in [2.24, 2.45) is 0 Å². The molecule has 0 N–H and O–H groups in total. The van der Waals surface area contributed by atoms with Crippen LogP contribution in [0.2, 0.25) is 0 Å². The molecule has 2 rings (SSSR count). The highest BCUT2D eigenvalue weighted by Gasteiger charge is 2.58. The Morgan fingerprint density at radius 1 is 1.69 bits per heavy atom. The van der Waals surface area contributed by atoms with Gasteiger partial charge in [-0.1, -0.05) is 0 Å². The third-order valence-electron chi connectivity index (χ3n) is 2.43. The summed E-state index contributed by atoms with van der Waals surface area (Å²) in [5.41, 5.74) is 0. The van der Waals surface area contributed by atoms with Crippen LogP contribution >= 0.6 is 7.82 Å². The molecular weight excluding hydrogens is 234 g/mol. The van der Waals surface area contributed by atoms with Crippen molar-refractivity contribution < 1.29 is 28.0 Å². The molecular formula is C8H13BO6P-. The monoisotopic (exact) mass is 247 g/mol. The first-order valence-corrected chi connectivity index (χ1v) is 6.54. The Morgan fingerprint density at radius 2 is 2.38 bits per heavy atom. The number of hydrogen-bond acceptors (Lipinski definition) is 6. The summed E-state index contributed by atoms with van der Waals surface area (Å²) >= 11 is 0. The van der Waals surface area contributed by atoms with E-state index in [4.69, 9.17) is 26.4 Å². The molecule has 2 aliphatic heterocycles. The largest absolute Gasteiger partial charge is 0.756 e. The average Bonchev–Trinajstić information content (AvgIpc) is 2.49. The highest BCUT2D eigenvalue weighted by molar-refractivity contribution is 7.46. The van der Waals surface area contributed by atoms with E-state index in [1.807, 2.05) is 13.8 Å². The summed E-state index contributed by atoms with van der Waals surface area (Å²) in [4.78, 5) is 11.2. The molecule has 2 fully saturated rings. The van der Waals surface area contributed by atoms with E-state index < -0.39 is 25.7 Å². The van der Waals surface area contributed by atoms with E-state index in [2.05, 4.69) is 0 Å². The predicted octanol–water partition coefficient (Wildman–Crippen LogP) is -0.0936. The van der Waals surface area contributed by atoms with Crippen LogP contribution in [0.15, 0.2) is 0 Å². The number of ether oxygens (including phenoxy) is 2. The minimum Gasteiger partial charge on any atom is -0.756 e. The van der Waals surface area contributed by atoms with Gasteiger partial charge in [-0.15, -0.1) is 0 Å². The van der Waals surface area contributed by atoms with Crippen LogP contribution in [0.3, 0.4) is 0 Å². The molecule has 2 heterocycles. The summed E-state index contributed by atoms with van der Waals surface area (Å²) in [7, 11) is 1.29. The van der Waals surface area contributed by atoms with Gasteiger partial charge in [0.2, 0.25) is 5.79 Å². The predicted molar refractivity (Wildman–Crippen MR) is 52.6 cm³/mol. The number of rotatable bonds is 3. The van der Waals surface area contributed by atoms with E-state index in [0.717, 1.165) is 0 Å². The molecule has 0 spiro atoms. The lowest BCUT2D eigenvalue weighted by molar-refractivity contribution is -0.245. The Hall–Kier alpha value is 0.0949. The minimum absolute atomic E-state index is 0.0186. The minimum atomic E-state index is -4.28. The molecule has 0 aromatic rings. The van der Waals surface area contributed by atoms with Crippen molar-refractivity contribution in [3.8, 4) is 0 Å². The van der Waals surface area contributed by atoms with Crippen LogP contribution in [0.5, 0.6) is 0 Å². The zero-order valence-corrected chi connectivity index (χ0v) is 10.0. The number of fused-ring (bicyclic) bond motifs is 1. The molecule has 6 nitrogen and oxygen atoms in total. The highest BCUT2D eigenvalue weighted by atomic mass is 31.2. The normalized spacial score (nSPS) is 47.5. The van der Waals surface area contributed by atoms with E-state index in [0.29, 0.717) is 0 Å². The van der Waals surface area contributed by atoms with Crippen LogP contribution in [0, 0.1) is 0 Å². The van der Waals surface area contributed by atoms with Crippen molar-refractivity contribution in [3.63, 3.8) is 0 Å². The average molecular weight is 247 g/mol. The summed E-state index contributed by atoms with van der Waals surface area (Å²) < 4.78 is 31.4. The Morgan fingerprint density at radius 3 is 3.00 bits per heavy atom. The van der Waals surface area contributed by atoms with Crippen LogP contribution < -0.4 is 4.89 Å². The van der Waals surface area contributed by atoms with Gasteiger partial charge in [-0.25, -0.2) is 0 Å². The quantitative estimate of drug-likeness (QED) is 0.512. The molecule has 90 valence electrons. The lowest BCUT2D eigenvalue weighted by Gasteiger charge is -2.27. The van der Waals surface area contributed by atoms with Crippen molar-refractivity contribution in [1.29, 1.82) is 0 Å². The van der Waals surface area contributed by atoms with E-state index in [9.17, 15) is 9.46 Å². The lowest BCUT2D eigenvalue weighted by atomic mass is 9.96. The maximum atomic E-state index is 11.2. The summed E-state index contributed by atoms with van der Waals surface area (Å²) in [5, 5.41) is 0. The van der Waals surface area contributed by atoms with Crippen molar-refractivity contribution in [2.75, 3.05) is 6.61 Å². The maximum absolute atomic E-state index is 11.2. The SMILES string of the molecule is [B][C@H]1CC2OP(=O)([O-])O[C@]2(COC(C)C)O1. The van der Waals surface area contributed by atoms with Gasteiger partial charge in [-0.2, -0.15) is 0 Å². The van der Waals surface area contributed by atoms with E-state index >= 15 is 0 Å². The van der Waals surface area contributed by atoms with Crippen molar-refractivity contribution in [3.05, 3.63) is 0 Å². The Balaban J connectivity index is 2.11. The van der Waals surface area contributed by atoms with E-state index in [1.165, 1.54) is 0 Å². The van der Waals surface area contributed by atoms with Gasteiger partial charge in [-0.05, 0) is 20.3 Å². The zero-order valence-electron chi connectivity index (χ0n) is 9.12. The summed E-state index contributed by atoms with van der Waals surface area (Å²) in [6.07, 6.45) is -0.511. The van der Waals surface area contributed by atoms with Crippen LogP contribution in [-0.2, 0) is 23.1 Å². The molecule has 16 heavy (non-hydrogen) atoms. The van der Waals surface area contributed by atoms with Gasteiger partial charge in [0, 0.05) is 6.00 Å². The molecule has 0 saturated carbocycles. The second kappa shape index (κ2) is 4.08. The molecule has 0 aliphatic carbocycles. The summed E-state index contributed by atoms with van der Waals surface area (Å²) in [6, 6.07) is -0.596. The summed E-state index contributed by atoms with van der Waals surface area (Å²) in [6.45, 7) is 3.63. The van der Waals surface area contributed by atoms with E-state index in [1.54, 1.807) is 0 Å². The third-order valence-corrected chi connectivity index (χ3v) is 3.47. The molecule has 2 saturated heterocycles. The van der Waals surface area contributed by atoms with Crippen LogP contribution in [0.25, 0.3) is 0 Å². The van der Waals surface area contributed by atoms with Gasteiger partial charge in [-0.3, -0.25) is 9.09 Å². The Kier molecular flexibility index (Phi) is 3.20. The fourth-order valence-corrected chi connectivity index (χ4v) is 2.97. The van der Waals surface area contributed by atoms with Crippen molar-refractivity contribution >= 4 is 15.7 Å². The molecule has 4 atom stereocenters. The lowest BCUT2D eigenvalue weighted by Crippen LogP contribution is -2.42. The maximum Gasteiger partial charge on any atom is 0.271 e. The first-order valence-electron chi connectivity index (χ1n) is 5.08. The molecule has 0 amide bonds. The summed E-state index contributed by atoms with van der Waals surface area (Å²) in [5.74, 6) is -1.40. The number of phosphoric ester groups is 1. The van der Waals surface area contributed by atoms with Gasteiger partial charge in [0.1, 0.15) is 20.6 Å². The van der Waals surface area contributed by atoms with E-state index in [-0.39, 0.29) is 19.1 Å². The Labute approximate surface area is 95.2 Å². The van der Waals surface area contributed by atoms with Gasteiger partial charge < -0.3 is 18.9 Å². The standard InChI is InChI=1S/C8H14BO6P/c1-5(2)12-4-8-6(3-7(9)13-8)14-16(10,11)15-8/h5-7H,3-4H2,1-2H3,(H,10,11)/p-1/t6?,7-,8+/m1/s1. The third kappa shape index (κ3) is 2.35. The van der Waals surface area contributed by atoms with Gasteiger partial charge in [0.15, 0.2) is 0 Å². The molecule has 0 bridgehead atoms. The first kappa shape index (κ1) is 12.5. The number of hydrogen-bond donors (Lipinski definition) is 0. The molecule has 0 aromatic heterocycles. The Bertz CT molecular complexity index is 324. The topological polar surface area (TPSA) is 77.1 Å². The second-order valence-corrected chi connectivity index (χ2v) is 5.48. The smallest absolute Gasteiger partial charge is 0.271 e. The fourth-order valence-electron chi connectivity index (χ4n) is 1.78. The van der Waals surface area contributed by atoms with Crippen molar-refractivity contribution in [1.82, 2.24) is 0 Å². The molecule has 2 aliphatic rings. The molecule has 8 heteroatoms. The fraction of sp³-hybridized carbons (Fsp3) is 1.00. The first-order chi connectivity index (χ1) is 7.33. The van der Waals surface area contributed by atoms with Crippen LogP contribution in [0.1, 0.15) is 20.3 Å².